The number of hydrogen-bond donors (Lipinski definition) is 0. The van der Waals surface area contributed by atoms with E-state index in [2.05, 4.69) is 32.0 Å². The van der Waals surface area contributed by atoms with Crippen LogP contribution in [0.5, 0.6) is 0 Å². The number of likely N-dealkylation sites (tertiary alicyclic amines) is 1. The van der Waals surface area contributed by atoms with Gasteiger partial charge in [-0.05, 0) is 32.0 Å². The summed E-state index contributed by atoms with van der Waals surface area (Å²) in [5, 5.41) is 0. The van der Waals surface area contributed by atoms with Crippen LogP contribution in [-0.4, -0.2) is 45.4 Å². The lowest BCUT2D eigenvalue weighted by atomic mass is 9.86. The van der Waals surface area contributed by atoms with Crippen LogP contribution >= 0.6 is 0 Å². The van der Waals surface area contributed by atoms with Crippen molar-refractivity contribution in [1.82, 2.24) is 19.9 Å². The van der Waals surface area contributed by atoms with Gasteiger partial charge in [0.25, 0.3) is 0 Å². The SMILES string of the molecule is Cc1cccc(CN2CCC3(CC(=O)N(c4cncnc4)C3)C2)n1. The third kappa shape index (κ3) is 2.89. The number of pyridine rings is 1. The van der Waals surface area contributed by atoms with E-state index in [4.69, 9.17) is 0 Å². The first-order chi connectivity index (χ1) is 11.6. The zero-order valence-electron chi connectivity index (χ0n) is 13.9. The minimum absolute atomic E-state index is 0.0523. The fraction of sp³-hybridized carbons (Fsp3) is 0.444. The number of aromatic nitrogens is 3. The summed E-state index contributed by atoms with van der Waals surface area (Å²) in [6.45, 7) is 5.59. The second-order valence-corrected chi connectivity index (χ2v) is 6.98. The Balaban J connectivity index is 1.45. The van der Waals surface area contributed by atoms with Crippen molar-refractivity contribution in [2.45, 2.75) is 26.3 Å². The van der Waals surface area contributed by atoms with Gasteiger partial charge in [0.15, 0.2) is 0 Å². The first kappa shape index (κ1) is 15.2. The largest absolute Gasteiger partial charge is 0.309 e. The summed E-state index contributed by atoms with van der Waals surface area (Å²) in [5.41, 5.74) is 3.01. The summed E-state index contributed by atoms with van der Waals surface area (Å²) in [6.07, 6.45) is 6.58. The molecule has 0 bridgehead atoms. The third-order valence-electron chi connectivity index (χ3n) is 5.03. The van der Waals surface area contributed by atoms with Crippen LogP contribution in [-0.2, 0) is 11.3 Å². The molecule has 1 unspecified atom stereocenters. The van der Waals surface area contributed by atoms with Crippen molar-refractivity contribution in [3.8, 4) is 0 Å². The second-order valence-electron chi connectivity index (χ2n) is 6.98. The normalized spacial score (nSPS) is 24.2. The van der Waals surface area contributed by atoms with E-state index in [0.717, 1.165) is 49.7 Å². The van der Waals surface area contributed by atoms with Crippen LogP contribution in [0.25, 0.3) is 0 Å². The van der Waals surface area contributed by atoms with Gasteiger partial charge in [-0.3, -0.25) is 14.7 Å². The highest BCUT2D eigenvalue weighted by Crippen LogP contribution is 2.41. The Morgan fingerprint density at radius 1 is 1.21 bits per heavy atom. The Labute approximate surface area is 141 Å². The van der Waals surface area contributed by atoms with Crippen molar-refractivity contribution in [3.05, 3.63) is 48.3 Å². The third-order valence-corrected chi connectivity index (χ3v) is 5.03. The smallest absolute Gasteiger partial charge is 0.227 e. The molecule has 0 N–H and O–H groups in total. The molecule has 24 heavy (non-hydrogen) atoms. The molecule has 0 saturated carbocycles. The van der Waals surface area contributed by atoms with E-state index in [9.17, 15) is 4.79 Å². The van der Waals surface area contributed by atoms with Gasteiger partial charge in [-0.25, -0.2) is 9.97 Å². The fourth-order valence-electron chi connectivity index (χ4n) is 3.91. The van der Waals surface area contributed by atoms with E-state index >= 15 is 0 Å². The van der Waals surface area contributed by atoms with Crippen LogP contribution in [0.3, 0.4) is 0 Å². The van der Waals surface area contributed by atoms with Gasteiger partial charge >= 0.3 is 0 Å². The molecule has 2 aromatic rings. The monoisotopic (exact) mass is 323 g/mol. The number of carbonyl (C=O) groups is 1. The lowest BCUT2D eigenvalue weighted by Gasteiger charge is -2.24. The zero-order valence-corrected chi connectivity index (χ0v) is 13.9. The zero-order chi connectivity index (χ0) is 16.6. The number of hydrogen-bond acceptors (Lipinski definition) is 5. The molecule has 124 valence electrons. The lowest BCUT2D eigenvalue weighted by molar-refractivity contribution is -0.117. The van der Waals surface area contributed by atoms with Gasteiger partial charge in [0.05, 0.1) is 23.8 Å². The van der Waals surface area contributed by atoms with Gasteiger partial charge in [0.2, 0.25) is 5.91 Å². The van der Waals surface area contributed by atoms with Crippen LogP contribution in [0.2, 0.25) is 0 Å². The number of nitrogens with zero attached hydrogens (tertiary/aromatic N) is 5. The summed E-state index contributed by atoms with van der Waals surface area (Å²) in [7, 11) is 0. The highest BCUT2D eigenvalue weighted by molar-refractivity contribution is 5.96. The predicted molar refractivity (Wildman–Crippen MR) is 90.3 cm³/mol. The topological polar surface area (TPSA) is 62.2 Å². The van der Waals surface area contributed by atoms with Gasteiger partial charge in [0.1, 0.15) is 6.33 Å². The highest BCUT2D eigenvalue weighted by Gasteiger charge is 2.47. The van der Waals surface area contributed by atoms with Crippen molar-refractivity contribution in [1.29, 1.82) is 0 Å². The summed E-state index contributed by atoms with van der Waals surface area (Å²) in [5.74, 6) is 0.181. The van der Waals surface area contributed by atoms with Crippen molar-refractivity contribution < 1.29 is 4.79 Å². The lowest BCUT2D eigenvalue weighted by Crippen LogP contribution is -2.31. The molecule has 6 nitrogen and oxygen atoms in total. The molecule has 2 fully saturated rings. The van der Waals surface area contributed by atoms with E-state index in [1.165, 1.54) is 6.33 Å². The second kappa shape index (κ2) is 5.94. The number of anilines is 1. The summed E-state index contributed by atoms with van der Waals surface area (Å²) in [4.78, 5) is 29.4. The van der Waals surface area contributed by atoms with Gasteiger partial charge in [0, 0.05) is 37.2 Å². The van der Waals surface area contributed by atoms with Gasteiger partial charge < -0.3 is 4.90 Å². The Morgan fingerprint density at radius 2 is 2.04 bits per heavy atom. The molecule has 2 saturated heterocycles. The van der Waals surface area contributed by atoms with E-state index in [-0.39, 0.29) is 11.3 Å². The molecule has 1 atom stereocenters. The van der Waals surface area contributed by atoms with E-state index in [1.54, 1.807) is 12.4 Å². The first-order valence-corrected chi connectivity index (χ1v) is 8.34. The summed E-state index contributed by atoms with van der Waals surface area (Å²) >= 11 is 0. The minimum atomic E-state index is 0.0523. The van der Waals surface area contributed by atoms with Crippen LogP contribution in [0.1, 0.15) is 24.2 Å². The molecule has 6 heteroatoms. The molecular formula is C18H21N5O. The van der Waals surface area contributed by atoms with E-state index < -0.39 is 0 Å². The maximum atomic E-state index is 12.5. The molecular weight excluding hydrogens is 302 g/mol. The maximum Gasteiger partial charge on any atom is 0.227 e. The Kier molecular flexibility index (Phi) is 3.76. The van der Waals surface area contributed by atoms with Crippen molar-refractivity contribution in [3.63, 3.8) is 0 Å². The summed E-state index contributed by atoms with van der Waals surface area (Å²) < 4.78 is 0. The fourth-order valence-corrected chi connectivity index (χ4v) is 3.91. The molecule has 1 amide bonds. The van der Waals surface area contributed by atoms with Crippen LogP contribution in [0, 0.1) is 12.3 Å². The minimum Gasteiger partial charge on any atom is -0.309 e. The quantitative estimate of drug-likeness (QED) is 0.862. The maximum absolute atomic E-state index is 12.5. The number of rotatable bonds is 3. The van der Waals surface area contributed by atoms with E-state index in [0.29, 0.717) is 6.42 Å². The van der Waals surface area contributed by atoms with Gasteiger partial charge in [-0.1, -0.05) is 6.07 Å². The molecule has 2 aliphatic heterocycles. The van der Waals surface area contributed by atoms with Crippen LogP contribution in [0.4, 0.5) is 5.69 Å². The van der Waals surface area contributed by atoms with Gasteiger partial charge in [-0.15, -0.1) is 0 Å². The van der Waals surface area contributed by atoms with Crippen molar-refractivity contribution in [2.75, 3.05) is 24.5 Å². The standard InChI is InChI=1S/C18H21N5O/c1-14-3-2-4-15(21-14)10-22-6-5-18(11-22)7-17(24)23(12-18)16-8-19-13-20-9-16/h2-4,8-9,13H,5-7,10-12H2,1H3. The average Bonchev–Trinajstić information content (AvgIpc) is 3.11. The molecule has 4 heterocycles. The molecule has 2 aliphatic rings. The highest BCUT2D eigenvalue weighted by atomic mass is 16.2. The predicted octanol–water partition coefficient (Wildman–Crippen LogP) is 1.81. The van der Waals surface area contributed by atoms with Crippen molar-refractivity contribution in [2.24, 2.45) is 5.41 Å². The number of carbonyl (C=O) groups excluding carboxylic acids is 1. The van der Waals surface area contributed by atoms with Gasteiger partial charge in [-0.2, -0.15) is 0 Å². The average molecular weight is 323 g/mol. The molecule has 0 radical (unpaired) electrons. The Bertz CT molecular complexity index is 750. The molecule has 0 aliphatic carbocycles. The summed E-state index contributed by atoms with van der Waals surface area (Å²) in [6, 6.07) is 6.15. The number of amides is 1. The van der Waals surface area contributed by atoms with E-state index in [1.807, 2.05) is 17.9 Å². The molecule has 4 rings (SSSR count). The molecule has 2 aromatic heterocycles. The Morgan fingerprint density at radius 3 is 2.83 bits per heavy atom. The van der Waals surface area contributed by atoms with Crippen LogP contribution < -0.4 is 4.90 Å². The molecule has 0 aromatic carbocycles. The van der Waals surface area contributed by atoms with Crippen LogP contribution in [0.15, 0.2) is 36.9 Å². The first-order valence-electron chi connectivity index (χ1n) is 8.34. The Hall–Kier alpha value is -2.34. The number of aryl methyl sites for hydroxylation is 1. The van der Waals surface area contributed by atoms with Crippen molar-refractivity contribution >= 4 is 11.6 Å². The molecule has 1 spiro atoms.